The number of aryl methyl sites for hydroxylation is 1. The van der Waals surface area contributed by atoms with E-state index in [9.17, 15) is 10.1 Å². The summed E-state index contributed by atoms with van der Waals surface area (Å²) in [5.74, 6) is 1.12. The average Bonchev–Trinajstić information content (AvgIpc) is 2.91. The van der Waals surface area contributed by atoms with Gasteiger partial charge in [0.25, 0.3) is 0 Å². The average molecular weight is 484 g/mol. The Morgan fingerprint density at radius 1 is 1.11 bits per heavy atom. The third kappa shape index (κ3) is 4.37. The molecule has 2 aliphatic rings. The number of nitrogens with zero attached hydrogens (tertiary/aromatic N) is 3. The number of fused-ring (bicyclic) bond motifs is 2. The van der Waals surface area contributed by atoms with Crippen LogP contribution in [0, 0.1) is 11.3 Å². The normalized spacial score (nSPS) is 18.0. The van der Waals surface area contributed by atoms with Gasteiger partial charge in [0.05, 0.1) is 36.3 Å². The standard InChI is InChI=1S/C29H29N3O2S/c1-3-4-7-20-10-13-22(14-11-20)31-18-32-27(33)16-24(25(17-30)29(32)35-19-31)28-23-9-6-5-8-21(23)12-15-26(28)34-2/h5-6,8-15,24H,3-4,7,16,18-19H2,1-2H3/t24-/m1/s1. The molecule has 178 valence electrons. The summed E-state index contributed by atoms with van der Waals surface area (Å²) in [7, 11) is 1.64. The summed E-state index contributed by atoms with van der Waals surface area (Å²) in [6, 6.07) is 23.2. The number of rotatable bonds is 6. The van der Waals surface area contributed by atoms with E-state index in [1.54, 1.807) is 23.8 Å². The number of nitriles is 1. The van der Waals surface area contributed by atoms with Crippen LogP contribution in [0.2, 0.25) is 0 Å². The van der Waals surface area contributed by atoms with Crippen LogP contribution in [0.4, 0.5) is 5.69 Å². The Morgan fingerprint density at radius 3 is 2.66 bits per heavy atom. The minimum absolute atomic E-state index is 0.0377. The van der Waals surface area contributed by atoms with Gasteiger partial charge in [-0.2, -0.15) is 5.26 Å². The van der Waals surface area contributed by atoms with E-state index in [4.69, 9.17) is 4.74 Å². The van der Waals surface area contributed by atoms with E-state index in [-0.39, 0.29) is 18.2 Å². The van der Waals surface area contributed by atoms with E-state index in [2.05, 4.69) is 48.2 Å². The van der Waals surface area contributed by atoms with Crippen LogP contribution in [-0.4, -0.2) is 30.5 Å². The Morgan fingerprint density at radius 2 is 1.91 bits per heavy atom. The van der Waals surface area contributed by atoms with E-state index in [0.717, 1.165) is 33.5 Å². The molecule has 0 radical (unpaired) electrons. The van der Waals surface area contributed by atoms with Crippen molar-refractivity contribution in [1.82, 2.24) is 4.90 Å². The third-order valence-corrected chi connectivity index (χ3v) is 8.07. The van der Waals surface area contributed by atoms with Gasteiger partial charge >= 0.3 is 0 Å². The minimum Gasteiger partial charge on any atom is -0.496 e. The molecule has 2 aliphatic heterocycles. The van der Waals surface area contributed by atoms with Crippen LogP contribution >= 0.6 is 11.8 Å². The Hall–Kier alpha value is -3.43. The van der Waals surface area contributed by atoms with Crippen molar-refractivity contribution < 1.29 is 9.53 Å². The van der Waals surface area contributed by atoms with Crippen LogP contribution in [-0.2, 0) is 11.2 Å². The molecule has 6 heteroatoms. The summed E-state index contributed by atoms with van der Waals surface area (Å²) in [6.45, 7) is 2.66. The van der Waals surface area contributed by atoms with E-state index < -0.39 is 0 Å². The molecule has 3 aromatic rings. The largest absolute Gasteiger partial charge is 0.496 e. The second-order valence-corrected chi connectivity index (χ2v) is 9.97. The molecule has 0 N–H and O–H groups in total. The van der Waals surface area contributed by atoms with Crippen LogP contribution in [0.5, 0.6) is 5.75 Å². The molecule has 1 atom stereocenters. The van der Waals surface area contributed by atoms with Gasteiger partial charge in [0.2, 0.25) is 5.91 Å². The maximum Gasteiger partial charge on any atom is 0.229 e. The van der Waals surface area contributed by atoms with Gasteiger partial charge in [0, 0.05) is 23.6 Å². The fourth-order valence-electron chi connectivity index (χ4n) is 5.04. The molecule has 35 heavy (non-hydrogen) atoms. The van der Waals surface area contributed by atoms with Crippen molar-refractivity contribution in [2.24, 2.45) is 0 Å². The van der Waals surface area contributed by atoms with Crippen molar-refractivity contribution >= 4 is 34.1 Å². The number of methoxy groups -OCH3 is 1. The molecule has 1 amide bonds. The maximum absolute atomic E-state index is 13.5. The Kier molecular flexibility index (Phi) is 6.70. The summed E-state index contributed by atoms with van der Waals surface area (Å²) < 4.78 is 5.71. The summed E-state index contributed by atoms with van der Waals surface area (Å²) >= 11 is 1.57. The molecule has 1 fully saturated rings. The van der Waals surface area contributed by atoms with Gasteiger partial charge < -0.3 is 9.64 Å². The molecular formula is C29H29N3O2S. The summed E-state index contributed by atoms with van der Waals surface area (Å²) in [5.41, 5.74) is 4.02. The van der Waals surface area contributed by atoms with Gasteiger partial charge in [-0.05, 0) is 47.4 Å². The number of carbonyl (C=O) groups is 1. The first-order valence-electron chi connectivity index (χ1n) is 12.1. The maximum atomic E-state index is 13.5. The highest BCUT2D eigenvalue weighted by Gasteiger charge is 2.39. The zero-order valence-corrected chi connectivity index (χ0v) is 21.0. The number of hydrogen-bond acceptors (Lipinski definition) is 5. The van der Waals surface area contributed by atoms with E-state index in [0.29, 0.717) is 23.9 Å². The SMILES string of the molecule is CCCCc1ccc(N2CSC3=C(C#N)[C@H](c4c(OC)ccc5ccccc45)CC(=O)N3C2)cc1. The lowest BCUT2D eigenvalue weighted by atomic mass is 9.83. The number of thioether (sulfide) groups is 1. The quantitative estimate of drug-likeness (QED) is 0.405. The van der Waals surface area contributed by atoms with Crippen molar-refractivity contribution in [1.29, 1.82) is 5.26 Å². The molecule has 0 unspecified atom stereocenters. The monoisotopic (exact) mass is 483 g/mol. The van der Waals surface area contributed by atoms with Crippen molar-refractivity contribution in [2.45, 2.75) is 38.5 Å². The highest BCUT2D eigenvalue weighted by Crippen LogP contribution is 2.47. The Balaban J connectivity index is 1.48. The number of benzene rings is 3. The summed E-state index contributed by atoms with van der Waals surface area (Å²) in [4.78, 5) is 17.4. The van der Waals surface area contributed by atoms with Crippen LogP contribution in [0.25, 0.3) is 10.8 Å². The lowest BCUT2D eigenvalue weighted by Crippen LogP contribution is -2.47. The summed E-state index contributed by atoms with van der Waals surface area (Å²) in [5, 5.41) is 13.1. The number of amides is 1. The van der Waals surface area contributed by atoms with Gasteiger partial charge in [-0.25, -0.2) is 0 Å². The van der Waals surface area contributed by atoms with Crippen molar-refractivity contribution in [3.8, 4) is 11.8 Å². The van der Waals surface area contributed by atoms with Crippen LogP contribution in [0.1, 0.15) is 43.2 Å². The van der Waals surface area contributed by atoms with Gasteiger partial charge in [-0.1, -0.05) is 67.6 Å². The third-order valence-electron chi connectivity index (χ3n) is 6.91. The van der Waals surface area contributed by atoms with Crippen molar-refractivity contribution in [2.75, 3.05) is 24.6 Å². The van der Waals surface area contributed by atoms with Gasteiger partial charge in [0.15, 0.2) is 0 Å². The zero-order chi connectivity index (χ0) is 24.4. The Labute approximate surface area is 211 Å². The van der Waals surface area contributed by atoms with E-state index >= 15 is 0 Å². The van der Waals surface area contributed by atoms with Crippen LogP contribution in [0.3, 0.4) is 0 Å². The minimum atomic E-state index is -0.323. The first-order chi connectivity index (χ1) is 17.1. The smallest absolute Gasteiger partial charge is 0.229 e. The number of allylic oxidation sites excluding steroid dienone is 1. The number of hydrogen-bond donors (Lipinski definition) is 0. The Bertz CT molecular complexity index is 1330. The molecule has 0 saturated carbocycles. The molecule has 0 bridgehead atoms. The number of unbranched alkanes of at least 4 members (excludes halogenated alkanes) is 1. The van der Waals surface area contributed by atoms with Gasteiger partial charge in [0.1, 0.15) is 5.75 Å². The second-order valence-electron chi connectivity index (χ2n) is 9.04. The molecule has 2 heterocycles. The fourth-order valence-corrected chi connectivity index (χ4v) is 6.21. The number of anilines is 1. The van der Waals surface area contributed by atoms with Crippen molar-refractivity contribution in [3.63, 3.8) is 0 Å². The topological polar surface area (TPSA) is 56.6 Å². The molecule has 0 aromatic heterocycles. The van der Waals surface area contributed by atoms with Crippen LogP contribution in [0.15, 0.2) is 71.3 Å². The molecular weight excluding hydrogens is 454 g/mol. The molecule has 0 spiro atoms. The fraction of sp³-hybridized carbons (Fsp3) is 0.310. The van der Waals surface area contributed by atoms with Gasteiger partial charge in [-0.15, -0.1) is 0 Å². The van der Waals surface area contributed by atoms with Gasteiger partial charge in [-0.3, -0.25) is 9.69 Å². The molecule has 3 aromatic carbocycles. The van der Waals surface area contributed by atoms with Crippen LogP contribution < -0.4 is 9.64 Å². The predicted molar refractivity (Wildman–Crippen MR) is 142 cm³/mol. The summed E-state index contributed by atoms with van der Waals surface area (Å²) in [6.07, 6.45) is 3.72. The molecule has 0 aliphatic carbocycles. The predicted octanol–water partition coefficient (Wildman–Crippen LogP) is 6.41. The lowest BCUT2D eigenvalue weighted by Gasteiger charge is -2.42. The molecule has 1 saturated heterocycles. The second kappa shape index (κ2) is 10.1. The lowest BCUT2D eigenvalue weighted by molar-refractivity contribution is -0.129. The first kappa shape index (κ1) is 23.3. The molecule has 5 nitrogen and oxygen atoms in total. The number of carbonyl (C=O) groups excluding carboxylic acids is 1. The highest BCUT2D eigenvalue weighted by atomic mass is 32.2. The zero-order valence-electron chi connectivity index (χ0n) is 20.2. The van der Waals surface area contributed by atoms with E-state index in [1.165, 1.54) is 18.4 Å². The molecule has 5 rings (SSSR count). The highest BCUT2D eigenvalue weighted by molar-refractivity contribution is 8.03. The van der Waals surface area contributed by atoms with Crippen molar-refractivity contribution in [3.05, 3.63) is 82.4 Å². The first-order valence-corrected chi connectivity index (χ1v) is 13.1. The number of ether oxygens (including phenoxy) is 1. The van der Waals surface area contributed by atoms with E-state index in [1.807, 2.05) is 30.3 Å².